The monoisotopic (exact) mass is 314 g/mol. The predicted octanol–water partition coefficient (Wildman–Crippen LogP) is 3.13. The zero-order valence-corrected chi connectivity index (χ0v) is 12.1. The molecule has 8 heteroatoms. The quantitative estimate of drug-likeness (QED) is 0.855. The molecule has 0 saturated carbocycles. The van der Waals surface area contributed by atoms with Crippen molar-refractivity contribution in [3.05, 3.63) is 41.1 Å². The van der Waals surface area contributed by atoms with E-state index in [2.05, 4.69) is 10.4 Å². The van der Waals surface area contributed by atoms with Crippen LogP contribution in [0.3, 0.4) is 0 Å². The van der Waals surface area contributed by atoms with Crippen molar-refractivity contribution in [2.24, 2.45) is 12.8 Å². The van der Waals surface area contributed by atoms with Gasteiger partial charge in [0.15, 0.2) is 0 Å². The van der Waals surface area contributed by atoms with Crippen LogP contribution in [0.15, 0.2) is 24.3 Å². The van der Waals surface area contributed by atoms with Gasteiger partial charge in [0.05, 0.1) is 16.8 Å². The van der Waals surface area contributed by atoms with Crippen molar-refractivity contribution < 1.29 is 13.2 Å². The van der Waals surface area contributed by atoms with Gasteiger partial charge in [-0.2, -0.15) is 18.3 Å². The van der Waals surface area contributed by atoms with Crippen molar-refractivity contribution >= 4 is 28.7 Å². The normalized spacial score (nSPS) is 11.5. The van der Waals surface area contributed by atoms with Crippen LogP contribution in [0.2, 0.25) is 0 Å². The van der Waals surface area contributed by atoms with Crippen molar-refractivity contribution in [2.45, 2.75) is 13.1 Å². The van der Waals surface area contributed by atoms with Crippen molar-refractivity contribution in [3.8, 4) is 0 Å². The molecule has 1 heterocycles. The molecule has 2 rings (SSSR count). The number of hydrogen-bond acceptors (Lipinski definition) is 3. The summed E-state index contributed by atoms with van der Waals surface area (Å²) < 4.78 is 39.6. The lowest BCUT2D eigenvalue weighted by atomic mass is 10.2. The number of benzene rings is 1. The summed E-state index contributed by atoms with van der Waals surface area (Å²) >= 11 is 4.96. The molecule has 0 bridgehead atoms. The first-order valence-electron chi connectivity index (χ1n) is 5.98. The van der Waals surface area contributed by atoms with Crippen LogP contribution >= 0.6 is 12.2 Å². The highest BCUT2D eigenvalue weighted by molar-refractivity contribution is 7.80. The second-order valence-corrected chi connectivity index (χ2v) is 4.94. The number of rotatable bonds is 3. The van der Waals surface area contributed by atoms with Crippen LogP contribution in [-0.4, -0.2) is 14.8 Å². The van der Waals surface area contributed by atoms with Crippen LogP contribution in [0.1, 0.15) is 16.8 Å². The minimum absolute atomic E-state index is 0.134. The van der Waals surface area contributed by atoms with Gasteiger partial charge in [0.25, 0.3) is 0 Å². The molecule has 3 N–H and O–H groups in total. The van der Waals surface area contributed by atoms with Gasteiger partial charge in [-0.25, -0.2) is 0 Å². The summed E-state index contributed by atoms with van der Waals surface area (Å²) in [6, 6.07) is 4.88. The van der Waals surface area contributed by atoms with E-state index in [4.69, 9.17) is 18.0 Å². The first kappa shape index (κ1) is 15.3. The molecule has 0 unspecified atom stereocenters. The maximum absolute atomic E-state index is 12.7. The maximum atomic E-state index is 12.7. The lowest BCUT2D eigenvalue weighted by Crippen LogP contribution is -2.13. The highest BCUT2D eigenvalue weighted by Gasteiger charge is 2.30. The zero-order chi connectivity index (χ0) is 15.8. The average molecular weight is 314 g/mol. The Morgan fingerprint density at radius 1 is 1.38 bits per heavy atom. The number of nitrogens with one attached hydrogen (secondary N) is 1. The maximum Gasteiger partial charge on any atom is 0.416 e. The number of anilines is 2. The van der Waals surface area contributed by atoms with Gasteiger partial charge in [-0.05, 0) is 25.1 Å². The van der Waals surface area contributed by atoms with Gasteiger partial charge >= 0.3 is 6.18 Å². The van der Waals surface area contributed by atoms with Gasteiger partial charge in [-0.1, -0.05) is 18.3 Å². The number of aryl methyl sites for hydroxylation is 2. The number of alkyl halides is 3. The highest BCUT2D eigenvalue weighted by atomic mass is 32.1. The Bertz CT molecular complexity index is 691. The number of halogens is 3. The number of nitrogens with two attached hydrogens (primary N) is 1. The first-order chi connectivity index (χ1) is 9.70. The van der Waals surface area contributed by atoms with E-state index in [0.29, 0.717) is 17.1 Å². The van der Waals surface area contributed by atoms with Crippen molar-refractivity contribution in [2.75, 3.05) is 5.32 Å². The van der Waals surface area contributed by atoms with E-state index in [1.165, 1.54) is 16.8 Å². The van der Waals surface area contributed by atoms with E-state index in [0.717, 1.165) is 12.1 Å². The van der Waals surface area contributed by atoms with Gasteiger partial charge in [-0.3, -0.25) is 4.68 Å². The van der Waals surface area contributed by atoms with Crippen LogP contribution in [0.5, 0.6) is 0 Å². The van der Waals surface area contributed by atoms with Crippen LogP contribution in [0, 0.1) is 6.92 Å². The Morgan fingerprint density at radius 3 is 2.62 bits per heavy atom. The summed E-state index contributed by atoms with van der Waals surface area (Å²) in [5.41, 5.74) is 6.32. The Labute approximate surface area is 124 Å². The summed E-state index contributed by atoms with van der Waals surface area (Å²) in [6.45, 7) is 1.73. The van der Waals surface area contributed by atoms with Crippen molar-refractivity contribution in [1.29, 1.82) is 0 Å². The Hall–Kier alpha value is -2.09. The zero-order valence-electron chi connectivity index (χ0n) is 11.3. The molecule has 0 fully saturated rings. The van der Waals surface area contributed by atoms with Gasteiger partial charge < -0.3 is 11.1 Å². The Balaban J connectivity index is 2.42. The third kappa shape index (κ3) is 3.15. The van der Waals surface area contributed by atoms with E-state index < -0.39 is 11.7 Å². The van der Waals surface area contributed by atoms with Gasteiger partial charge in [-0.15, -0.1) is 0 Å². The molecule has 4 nitrogen and oxygen atoms in total. The second kappa shape index (κ2) is 5.36. The molecular weight excluding hydrogens is 301 g/mol. The topological polar surface area (TPSA) is 55.9 Å². The highest BCUT2D eigenvalue weighted by Crippen LogP contribution is 2.32. The number of hydrogen-bond donors (Lipinski definition) is 2. The molecule has 0 radical (unpaired) electrons. The molecule has 0 aliphatic heterocycles. The third-order valence-corrected chi connectivity index (χ3v) is 3.13. The van der Waals surface area contributed by atoms with Gasteiger partial charge in [0.2, 0.25) is 0 Å². The Kier molecular flexibility index (Phi) is 3.91. The fourth-order valence-electron chi connectivity index (χ4n) is 2.01. The van der Waals surface area contributed by atoms with Crippen molar-refractivity contribution in [1.82, 2.24) is 9.78 Å². The smallest absolute Gasteiger partial charge is 0.389 e. The van der Waals surface area contributed by atoms with Crippen LogP contribution < -0.4 is 11.1 Å². The molecule has 0 amide bonds. The molecule has 0 saturated heterocycles. The SMILES string of the molecule is Cc1nn(C)c(Nc2cccc(C(F)(F)F)c2)c1C(N)=S. The molecular formula is C13H13F3N4S. The number of thiocarbonyl (C=S) groups is 1. The summed E-state index contributed by atoms with van der Waals surface area (Å²) in [4.78, 5) is 0.134. The predicted molar refractivity (Wildman–Crippen MR) is 78.6 cm³/mol. The minimum atomic E-state index is -4.40. The molecule has 0 aliphatic carbocycles. The lowest BCUT2D eigenvalue weighted by Gasteiger charge is -2.12. The molecule has 0 atom stereocenters. The van der Waals surface area contributed by atoms with E-state index in [1.807, 2.05) is 0 Å². The molecule has 21 heavy (non-hydrogen) atoms. The standard InChI is InChI=1S/C13H13F3N4S/c1-7-10(11(17)21)12(20(2)19-7)18-9-5-3-4-8(6-9)13(14,15)16/h3-6,18H,1-2H3,(H2,17,21). The van der Waals surface area contributed by atoms with E-state index in [1.54, 1.807) is 14.0 Å². The molecule has 0 aliphatic rings. The lowest BCUT2D eigenvalue weighted by molar-refractivity contribution is -0.137. The summed E-state index contributed by atoms with van der Waals surface area (Å²) in [5, 5.41) is 7.05. The third-order valence-electron chi connectivity index (χ3n) is 2.92. The molecule has 1 aromatic heterocycles. The average Bonchev–Trinajstić information content (AvgIpc) is 2.63. The van der Waals surface area contributed by atoms with E-state index in [9.17, 15) is 13.2 Å². The fraction of sp³-hybridized carbons (Fsp3) is 0.231. The van der Waals surface area contributed by atoms with Gasteiger partial charge in [0.1, 0.15) is 10.8 Å². The first-order valence-corrected chi connectivity index (χ1v) is 6.38. The largest absolute Gasteiger partial charge is 0.416 e. The second-order valence-electron chi connectivity index (χ2n) is 4.50. The fourth-order valence-corrected chi connectivity index (χ4v) is 2.25. The molecule has 1 aromatic carbocycles. The summed E-state index contributed by atoms with van der Waals surface area (Å²) in [6.07, 6.45) is -4.40. The summed E-state index contributed by atoms with van der Waals surface area (Å²) in [5.74, 6) is 0.458. The van der Waals surface area contributed by atoms with Crippen LogP contribution in [0.4, 0.5) is 24.7 Å². The summed E-state index contributed by atoms with van der Waals surface area (Å²) in [7, 11) is 1.66. The molecule has 0 spiro atoms. The molecule has 112 valence electrons. The van der Waals surface area contributed by atoms with Crippen LogP contribution in [0.25, 0.3) is 0 Å². The van der Waals surface area contributed by atoms with E-state index in [-0.39, 0.29) is 10.7 Å². The number of aromatic nitrogens is 2. The minimum Gasteiger partial charge on any atom is -0.389 e. The number of nitrogens with zero attached hydrogens (tertiary/aromatic N) is 2. The van der Waals surface area contributed by atoms with Gasteiger partial charge in [0, 0.05) is 12.7 Å². The molecule has 2 aromatic rings. The van der Waals surface area contributed by atoms with Crippen LogP contribution in [-0.2, 0) is 13.2 Å². The van der Waals surface area contributed by atoms with E-state index >= 15 is 0 Å². The van der Waals surface area contributed by atoms with Crippen molar-refractivity contribution in [3.63, 3.8) is 0 Å². The Morgan fingerprint density at radius 2 is 2.05 bits per heavy atom.